The van der Waals surface area contributed by atoms with E-state index in [1.165, 1.54) is 77.0 Å². The smallest absolute Gasteiger partial charge is 0.300 e. The Morgan fingerprint density at radius 2 is 0.541 bits per heavy atom. The Morgan fingerprint density at radius 3 is 0.738 bits per heavy atom. The third-order valence-electron chi connectivity index (χ3n) is 9.40. The summed E-state index contributed by atoms with van der Waals surface area (Å²) in [7, 11) is 0. The average molecular weight is 887 g/mol. The minimum absolute atomic E-state index is 0.158. The summed E-state index contributed by atoms with van der Waals surface area (Å²) >= 11 is 0. The Labute approximate surface area is 378 Å². The van der Waals surface area contributed by atoms with E-state index in [4.69, 9.17) is 55.5 Å². The van der Waals surface area contributed by atoms with E-state index < -0.39 is 5.97 Å². The first-order valence-corrected chi connectivity index (χ1v) is 25.2. The predicted octanol–water partition coefficient (Wildman–Crippen LogP) is 11.1. The highest BCUT2D eigenvalue weighted by Gasteiger charge is 1.97. The molecule has 0 aliphatic rings. The average Bonchev–Trinajstić information content (AvgIpc) is 3.20. The van der Waals surface area contributed by atoms with Crippen LogP contribution >= 0.6 is 0 Å². The summed E-state index contributed by atoms with van der Waals surface area (Å²) in [6.45, 7) is 16.0. The van der Waals surface area contributed by atoms with Gasteiger partial charge in [-0.15, -0.1) is 0 Å². The number of aliphatic carboxylic acids is 1. The van der Waals surface area contributed by atoms with Crippen LogP contribution in [-0.2, 0) is 9.53 Å². The second-order valence-electron chi connectivity index (χ2n) is 16.8. The standard InChI is InChI=1S/C16H34O.4C8H18O2.C2H4O2/c1-3-5-7-9-11-13-15-17-16-14-12-10-8-6-4-2;4*1-8(10)6-4-2-3-5-7-9;1-2(3)4/h3-16H2,1-2H3;4*8-10H,2-7H2,1H3;1H3,(H,3,4). The number of hydrogen-bond donors (Lipinski definition) is 9. The molecule has 11 heteroatoms. The topological polar surface area (TPSA) is 208 Å². The summed E-state index contributed by atoms with van der Waals surface area (Å²) in [5.74, 6) is -0.833. The summed E-state index contributed by atoms with van der Waals surface area (Å²) in [6.07, 6.45) is 36.1. The number of aliphatic hydroxyl groups is 8. The van der Waals surface area contributed by atoms with Crippen LogP contribution in [0.4, 0.5) is 0 Å². The molecular weight excluding hydrogens is 777 g/mol. The van der Waals surface area contributed by atoms with Crippen LogP contribution in [0.5, 0.6) is 0 Å². The molecule has 0 aromatic heterocycles. The van der Waals surface area contributed by atoms with E-state index in [2.05, 4.69) is 13.8 Å². The van der Waals surface area contributed by atoms with Gasteiger partial charge < -0.3 is 50.7 Å². The van der Waals surface area contributed by atoms with Gasteiger partial charge in [-0.1, -0.05) is 155 Å². The van der Waals surface area contributed by atoms with E-state index in [0.717, 1.165) is 149 Å². The zero-order valence-electron chi connectivity index (χ0n) is 41.5. The maximum Gasteiger partial charge on any atom is 0.300 e. The molecule has 0 aliphatic heterocycles. The van der Waals surface area contributed by atoms with Crippen molar-refractivity contribution in [2.24, 2.45) is 0 Å². The zero-order chi connectivity index (χ0) is 47.5. The fraction of sp³-hybridized carbons (Fsp3) is 0.980. The van der Waals surface area contributed by atoms with Crippen molar-refractivity contribution in [1.82, 2.24) is 0 Å². The van der Waals surface area contributed by atoms with E-state index in [1.807, 2.05) is 27.7 Å². The van der Waals surface area contributed by atoms with Crippen LogP contribution in [0.1, 0.15) is 254 Å². The first-order valence-electron chi connectivity index (χ1n) is 25.2. The Balaban J connectivity index is -0.000000154. The van der Waals surface area contributed by atoms with Crippen molar-refractivity contribution in [2.75, 3.05) is 39.6 Å². The van der Waals surface area contributed by atoms with Gasteiger partial charge in [0.15, 0.2) is 0 Å². The van der Waals surface area contributed by atoms with Crippen LogP contribution in [0.3, 0.4) is 0 Å². The molecule has 0 spiro atoms. The Hall–Kier alpha value is -0.890. The van der Waals surface area contributed by atoms with Gasteiger partial charge in [0.1, 0.15) is 0 Å². The van der Waals surface area contributed by atoms with Crippen molar-refractivity contribution in [1.29, 1.82) is 0 Å². The zero-order valence-corrected chi connectivity index (χ0v) is 41.5. The Bertz CT molecular complexity index is 604. The lowest BCUT2D eigenvalue weighted by Crippen LogP contribution is -1.98. The molecule has 376 valence electrons. The largest absolute Gasteiger partial charge is 0.481 e. The van der Waals surface area contributed by atoms with E-state index in [0.29, 0.717) is 26.4 Å². The summed E-state index contributed by atoms with van der Waals surface area (Å²) in [6, 6.07) is 0. The molecule has 4 unspecified atom stereocenters. The number of carboxylic acid groups (broad SMARTS) is 1. The lowest BCUT2D eigenvalue weighted by Gasteiger charge is -2.04. The Kier molecular flexibility index (Phi) is 83.2. The van der Waals surface area contributed by atoms with E-state index >= 15 is 0 Å². The number of aliphatic hydroxyl groups excluding tert-OH is 8. The van der Waals surface area contributed by atoms with Gasteiger partial charge >= 0.3 is 0 Å². The number of ether oxygens (including phenoxy) is 1. The van der Waals surface area contributed by atoms with Crippen LogP contribution in [0.25, 0.3) is 0 Å². The van der Waals surface area contributed by atoms with Gasteiger partial charge in [0.2, 0.25) is 0 Å². The highest BCUT2D eigenvalue weighted by Crippen LogP contribution is 2.09. The van der Waals surface area contributed by atoms with Crippen LogP contribution < -0.4 is 0 Å². The number of carboxylic acids is 1. The van der Waals surface area contributed by atoms with Gasteiger partial charge in [-0.2, -0.15) is 0 Å². The molecule has 0 bridgehead atoms. The van der Waals surface area contributed by atoms with E-state index in [9.17, 15) is 0 Å². The van der Waals surface area contributed by atoms with Crippen molar-refractivity contribution in [2.45, 2.75) is 278 Å². The SMILES string of the molecule is CC(=O)O.CC(O)CCCCCCO.CC(O)CCCCCCO.CC(O)CCCCCCO.CC(O)CCCCCCO.CCCCCCCCOCCCCCCCC. The molecule has 0 heterocycles. The first-order chi connectivity index (χ1) is 29.2. The van der Waals surface area contributed by atoms with Crippen molar-refractivity contribution >= 4 is 5.97 Å². The van der Waals surface area contributed by atoms with Crippen molar-refractivity contribution in [3.8, 4) is 0 Å². The van der Waals surface area contributed by atoms with Gasteiger partial charge in [0.05, 0.1) is 24.4 Å². The molecule has 0 saturated heterocycles. The van der Waals surface area contributed by atoms with Crippen LogP contribution in [0.2, 0.25) is 0 Å². The summed E-state index contributed by atoms with van der Waals surface area (Å²) < 4.78 is 5.65. The fourth-order valence-electron chi connectivity index (χ4n) is 5.69. The minimum Gasteiger partial charge on any atom is -0.481 e. The molecule has 0 radical (unpaired) electrons. The van der Waals surface area contributed by atoms with Crippen molar-refractivity contribution < 1.29 is 55.5 Å². The van der Waals surface area contributed by atoms with E-state index in [-0.39, 0.29) is 24.4 Å². The second-order valence-corrected chi connectivity index (χ2v) is 16.8. The molecule has 9 N–H and O–H groups in total. The molecule has 61 heavy (non-hydrogen) atoms. The maximum atomic E-state index is 9.00. The van der Waals surface area contributed by atoms with Crippen LogP contribution in [0.15, 0.2) is 0 Å². The summed E-state index contributed by atoms with van der Waals surface area (Å²) in [5, 5.41) is 76.6. The lowest BCUT2D eigenvalue weighted by atomic mass is 10.1. The molecule has 0 aliphatic carbocycles. The first kappa shape index (κ1) is 71.7. The molecule has 11 nitrogen and oxygen atoms in total. The van der Waals surface area contributed by atoms with Crippen molar-refractivity contribution in [3.05, 3.63) is 0 Å². The highest BCUT2D eigenvalue weighted by molar-refractivity contribution is 5.62. The Morgan fingerprint density at radius 1 is 0.361 bits per heavy atom. The molecule has 0 aromatic carbocycles. The summed E-state index contributed by atoms with van der Waals surface area (Å²) in [5.41, 5.74) is 0. The molecule has 0 saturated carbocycles. The molecular formula is C50H110O11. The molecule has 0 fully saturated rings. The van der Waals surface area contributed by atoms with Crippen molar-refractivity contribution in [3.63, 3.8) is 0 Å². The lowest BCUT2D eigenvalue weighted by molar-refractivity contribution is -0.134. The fourth-order valence-corrected chi connectivity index (χ4v) is 5.69. The minimum atomic E-state index is -0.833. The number of carbonyl (C=O) groups is 1. The van der Waals surface area contributed by atoms with E-state index in [1.54, 1.807) is 0 Å². The third-order valence-corrected chi connectivity index (χ3v) is 9.40. The van der Waals surface area contributed by atoms with Gasteiger partial charge in [-0.25, -0.2) is 0 Å². The number of unbranched alkanes of at least 4 members (excludes halogenated alkanes) is 22. The van der Waals surface area contributed by atoms with Gasteiger partial charge in [0, 0.05) is 46.6 Å². The maximum absolute atomic E-state index is 9.00. The van der Waals surface area contributed by atoms with Gasteiger partial charge in [-0.3, -0.25) is 4.79 Å². The monoisotopic (exact) mass is 887 g/mol. The quantitative estimate of drug-likeness (QED) is 0.0266. The molecule has 0 aromatic rings. The predicted molar refractivity (Wildman–Crippen MR) is 258 cm³/mol. The molecule has 0 amide bonds. The van der Waals surface area contributed by atoms with Gasteiger partial charge in [-0.05, 0) is 91.9 Å². The third kappa shape index (κ3) is 114. The normalized spacial score (nSPS) is 12.3. The van der Waals surface area contributed by atoms with Crippen LogP contribution in [-0.4, -0.2) is 116 Å². The molecule has 0 rings (SSSR count). The second kappa shape index (κ2) is 70.8. The number of rotatable bonds is 38. The number of hydrogen-bond acceptors (Lipinski definition) is 10. The highest BCUT2D eigenvalue weighted by atomic mass is 16.5. The molecule has 4 atom stereocenters. The van der Waals surface area contributed by atoms with Crippen LogP contribution in [0, 0.1) is 0 Å². The van der Waals surface area contributed by atoms with Gasteiger partial charge in [0.25, 0.3) is 5.97 Å². The summed E-state index contributed by atoms with van der Waals surface area (Å²) in [4.78, 5) is 9.00.